The molecule has 2 heterocycles. The molecule has 10 nitrogen and oxygen atoms in total. The number of hydrogen-bond donors (Lipinski definition) is 6. The lowest BCUT2D eigenvalue weighted by Crippen LogP contribution is -2.48. The highest BCUT2D eigenvalue weighted by Gasteiger charge is 2.36. The molecule has 0 saturated heterocycles. The van der Waals surface area contributed by atoms with Crippen molar-refractivity contribution in [1.82, 2.24) is 19.5 Å². The van der Waals surface area contributed by atoms with Crippen LogP contribution >= 0.6 is 11.8 Å². The second-order valence-corrected chi connectivity index (χ2v) is 6.54. The van der Waals surface area contributed by atoms with Crippen LogP contribution in [0.4, 0.5) is 5.82 Å². The van der Waals surface area contributed by atoms with E-state index in [1.165, 1.54) is 29.0 Å². The molecule has 11 heteroatoms. The van der Waals surface area contributed by atoms with Crippen LogP contribution in [-0.2, 0) is 0 Å². The number of aromatic nitrogens is 4. The highest BCUT2D eigenvalue weighted by atomic mass is 32.2. The second-order valence-electron chi connectivity index (χ2n) is 5.15. The van der Waals surface area contributed by atoms with Gasteiger partial charge in [0.15, 0.2) is 11.5 Å². The molecule has 0 aliphatic heterocycles. The van der Waals surface area contributed by atoms with Crippen molar-refractivity contribution >= 4 is 28.7 Å². The number of aliphatic hydroxyl groups is 5. The predicted molar refractivity (Wildman–Crippen MR) is 88.0 cm³/mol. The summed E-state index contributed by atoms with van der Waals surface area (Å²) in [5.41, 5.74) is 6.47. The quantitative estimate of drug-likeness (QED) is 0.312. The first-order chi connectivity index (χ1) is 11.4. The molecule has 0 aliphatic carbocycles. The van der Waals surface area contributed by atoms with E-state index in [-0.39, 0.29) is 5.82 Å². The Hall–Kier alpha value is -1.50. The molecule has 0 amide bonds. The lowest BCUT2D eigenvalue weighted by Gasteiger charge is -2.31. The molecule has 0 aromatic carbocycles. The second kappa shape index (κ2) is 8.05. The number of thioether (sulfide) groups is 1. The van der Waals surface area contributed by atoms with E-state index < -0.39 is 36.4 Å². The van der Waals surface area contributed by atoms with Gasteiger partial charge in [0.05, 0.1) is 12.9 Å². The first-order valence-corrected chi connectivity index (χ1v) is 8.34. The summed E-state index contributed by atoms with van der Waals surface area (Å²) in [6.45, 7) is 1.12. The number of aliphatic hydroxyl groups excluding tert-OH is 5. The zero-order valence-electron chi connectivity index (χ0n) is 13.0. The molecule has 0 spiro atoms. The molecule has 5 atom stereocenters. The topological polar surface area (TPSA) is 171 Å². The fraction of sp³-hybridized carbons (Fsp3) is 0.615. The molecular weight excluding hydrogens is 338 g/mol. The standard InChI is InChI=1S/C13H21N5O5S/c1-2-24-13(10(23)9(22)8(21)6(20)3-19)18-5-17-7-11(14)15-4-16-12(7)18/h4-6,8-10,13,19-23H,2-3H2,1H3,(H2,14,15,16)/t6-,8-,9-,10-,13+/m1/s1. The Balaban J connectivity index is 2.35. The minimum Gasteiger partial charge on any atom is -0.394 e. The summed E-state index contributed by atoms with van der Waals surface area (Å²) < 4.78 is 1.52. The van der Waals surface area contributed by atoms with Gasteiger partial charge in [0.1, 0.15) is 41.6 Å². The molecule has 2 rings (SSSR count). The number of hydrogen-bond acceptors (Lipinski definition) is 10. The average Bonchev–Trinajstić information content (AvgIpc) is 3.02. The first kappa shape index (κ1) is 18.8. The van der Waals surface area contributed by atoms with Crippen molar-refractivity contribution in [2.75, 3.05) is 18.1 Å². The van der Waals surface area contributed by atoms with E-state index in [4.69, 9.17) is 10.8 Å². The fourth-order valence-corrected chi connectivity index (χ4v) is 3.29. The number of nitrogens with zero attached hydrogens (tertiary/aromatic N) is 4. The van der Waals surface area contributed by atoms with Crippen molar-refractivity contribution in [2.24, 2.45) is 0 Å². The van der Waals surface area contributed by atoms with Gasteiger partial charge in [-0.15, -0.1) is 11.8 Å². The maximum Gasteiger partial charge on any atom is 0.166 e. The van der Waals surface area contributed by atoms with E-state index in [1.54, 1.807) is 0 Å². The third kappa shape index (κ3) is 3.61. The van der Waals surface area contributed by atoms with Crippen LogP contribution in [-0.4, -0.2) is 81.8 Å². The maximum atomic E-state index is 10.5. The Morgan fingerprint density at radius 2 is 1.83 bits per heavy atom. The van der Waals surface area contributed by atoms with Gasteiger partial charge in [-0.05, 0) is 5.75 Å². The molecule has 0 aliphatic rings. The number of anilines is 1. The van der Waals surface area contributed by atoms with Gasteiger partial charge in [-0.3, -0.25) is 4.57 Å². The van der Waals surface area contributed by atoms with Gasteiger partial charge in [0.2, 0.25) is 0 Å². The van der Waals surface area contributed by atoms with Gasteiger partial charge in [-0.2, -0.15) is 0 Å². The van der Waals surface area contributed by atoms with Crippen molar-refractivity contribution in [3.63, 3.8) is 0 Å². The molecule has 2 aromatic heterocycles. The van der Waals surface area contributed by atoms with Crippen LogP contribution in [0.3, 0.4) is 0 Å². The van der Waals surface area contributed by atoms with Gasteiger partial charge in [-0.25, -0.2) is 15.0 Å². The number of nitrogen functional groups attached to an aromatic ring is 1. The number of fused-ring (bicyclic) bond motifs is 1. The molecule has 0 radical (unpaired) electrons. The minimum absolute atomic E-state index is 0.185. The minimum atomic E-state index is -1.71. The summed E-state index contributed by atoms with van der Waals surface area (Å²) in [4.78, 5) is 12.0. The van der Waals surface area contributed by atoms with Crippen LogP contribution in [0, 0.1) is 0 Å². The van der Waals surface area contributed by atoms with Crippen LogP contribution in [0.2, 0.25) is 0 Å². The van der Waals surface area contributed by atoms with E-state index >= 15 is 0 Å². The van der Waals surface area contributed by atoms with Crippen LogP contribution in [0.15, 0.2) is 12.7 Å². The van der Waals surface area contributed by atoms with Gasteiger partial charge in [-0.1, -0.05) is 6.92 Å². The molecule has 0 bridgehead atoms. The Morgan fingerprint density at radius 1 is 1.12 bits per heavy atom. The molecule has 134 valence electrons. The normalized spacial score (nSPS) is 18.2. The van der Waals surface area contributed by atoms with E-state index in [1.807, 2.05) is 6.92 Å². The summed E-state index contributed by atoms with van der Waals surface area (Å²) in [5.74, 6) is 0.776. The van der Waals surface area contributed by atoms with Crippen LogP contribution in [0.1, 0.15) is 12.3 Å². The van der Waals surface area contributed by atoms with Crippen LogP contribution < -0.4 is 5.73 Å². The fourth-order valence-electron chi connectivity index (χ4n) is 2.28. The van der Waals surface area contributed by atoms with Crippen molar-refractivity contribution in [3.05, 3.63) is 12.7 Å². The Bertz CT molecular complexity index is 671. The van der Waals surface area contributed by atoms with Gasteiger partial charge in [0, 0.05) is 0 Å². The number of nitrogens with two attached hydrogens (primary N) is 1. The lowest BCUT2D eigenvalue weighted by molar-refractivity contribution is -0.118. The van der Waals surface area contributed by atoms with Crippen LogP contribution in [0.25, 0.3) is 11.2 Å². The highest BCUT2D eigenvalue weighted by Crippen LogP contribution is 2.32. The lowest BCUT2D eigenvalue weighted by atomic mass is 10.0. The van der Waals surface area contributed by atoms with E-state index in [0.29, 0.717) is 16.9 Å². The Kier molecular flexibility index (Phi) is 6.32. The molecule has 2 aromatic rings. The number of rotatable bonds is 8. The predicted octanol–water partition coefficient (Wildman–Crippen LogP) is -1.90. The molecule has 7 N–H and O–H groups in total. The SMILES string of the molecule is CCS[C@@H]([C@H](O)[C@H](O)[C@H](O)[C@H](O)CO)n1cnc2c(N)ncnc21. The van der Waals surface area contributed by atoms with Crippen molar-refractivity contribution in [2.45, 2.75) is 36.7 Å². The molecule has 0 saturated carbocycles. The van der Waals surface area contributed by atoms with Crippen molar-refractivity contribution in [1.29, 1.82) is 0 Å². The van der Waals surface area contributed by atoms with Gasteiger partial charge in [0.25, 0.3) is 0 Å². The van der Waals surface area contributed by atoms with E-state index in [9.17, 15) is 20.4 Å². The third-order valence-corrected chi connectivity index (χ3v) is 4.75. The summed E-state index contributed by atoms with van der Waals surface area (Å²) in [7, 11) is 0. The van der Waals surface area contributed by atoms with Crippen molar-refractivity contribution in [3.8, 4) is 0 Å². The summed E-state index contributed by atoms with van der Waals surface area (Å²) in [6, 6.07) is 0. The summed E-state index contributed by atoms with van der Waals surface area (Å²) >= 11 is 1.28. The zero-order valence-corrected chi connectivity index (χ0v) is 13.8. The largest absolute Gasteiger partial charge is 0.394 e. The monoisotopic (exact) mass is 359 g/mol. The van der Waals surface area contributed by atoms with Crippen molar-refractivity contribution < 1.29 is 25.5 Å². The van der Waals surface area contributed by atoms with E-state index in [0.717, 1.165) is 0 Å². The molecule has 0 fully saturated rings. The number of imidazole rings is 1. The molecule has 0 unspecified atom stereocenters. The van der Waals surface area contributed by atoms with Gasteiger partial charge >= 0.3 is 0 Å². The van der Waals surface area contributed by atoms with E-state index in [2.05, 4.69) is 15.0 Å². The van der Waals surface area contributed by atoms with Gasteiger partial charge < -0.3 is 31.3 Å². The van der Waals surface area contributed by atoms with Crippen LogP contribution in [0.5, 0.6) is 0 Å². The Labute approximate surface area is 142 Å². The summed E-state index contributed by atoms with van der Waals surface area (Å²) in [5, 5.41) is 48.0. The average molecular weight is 359 g/mol. The zero-order chi connectivity index (χ0) is 17.9. The smallest absolute Gasteiger partial charge is 0.166 e. The summed E-state index contributed by atoms with van der Waals surface area (Å²) in [6.07, 6.45) is -3.75. The Morgan fingerprint density at radius 3 is 2.46 bits per heavy atom. The highest BCUT2D eigenvalue weighted by molar-refractivity contribution is 7.99. The maximum absolute atomic E-state index is 10.5. The first-order valence-electron chi connectivity index (χ1n) is 7.30. The molecular formula is C13H21N5O5S. The third-order valence-electron chi connectivity index (χ3n) is 3.57. The molecule has 24 heavy (non-hydrogen) atoms.